The standard InChI is InChI=1S/C15H12Br2ClFO2/c1-20-13-5-8(18)3-4-9(13)15(17)10-6-11(16)12(19)7-14(10)21-2/h3-7,15H,1-2H3. The molecule has 0 bridgehead atoms. The van der Waals surface area contributed by atoms with Crippen molar-refractivity contribution in [2.75, 3.05) is 14.2 Å². The molecule has 1 atom stereocenters. The van der Waals surface area contributed by atoms with E-state index < -0.39 is 0 Å². The van der Waals surface area contributed by atoms with Gasteiger partial charge in [-0.2, -0.15) is 0 Å². The summed E-state index contributed by atoms with van der Waals surface area (Å²) in [4.78, 5) is -0.225. The molecular formula is C15H12Br2ClFO2. The van der Waals surface area contributed by atoms with Crippen molar-refractivity contribution in [3.63, 3.8) is 0 Å². The first-order chi connectivity index (χ1) is 9.97. The van der Waals surface area contributed by atoms with Gasteiger partial charge in [0.2, 0.25) is 0 Å². The highest BCUT2D eigenvalue weighted by Crippen LogP contribution is 2.42. The van der Waals surface area contributed by atoms with Crippen LogP contribution >= 0.6 is 43.5 Å². The molecule has 0 spiro atoms. The van der Waals surface area contributed by atoms with Crippen LogP contribution in [0.3, 0.4) is 0 Å². The van der Waals surface area contributed by atoms with Crippen molar-refractivity contribution in [2.24, 2.45) is 0 Å². The minimum absolute atomic E-state index is 0.225. The zero-order chi connectivity index (χ0) is 15.6. The zero-order valence-corrected chi connectivity index (χ0v) is 15.2. The number of ether oxygens (including phenoxy) is 2. The summed E-state index contributed by atoms with van der Waals surface area (Å²) in [5.41, 5.74) is 1.66. The van der Waals surface area contributed by atoms with Crippen molar-refractivity contribution in [2.45, 2.75) is 4.83 Å². The van der Waals surface area contributed by atoms with E-state index in [0.717, 1.165) is 11.1 Å². The van der Waals surface area contributed by atoms with Gasteiger partial charge in [0.15, 0.2) is 0 Å². The first kappa shape index (κ1) is 16.6. The fourth-order valence-electron chi connectivity index (χ4n) is 1.98. The minimum Gasteiger partial charge on any atom is -0.496 e. The molecule has 0 saturated carbocycles. The number of methoxy groups -OCH3 is 2. The Balaban J connectivity index is 2.54. The van der Waals surface area contributed by atoms with E-state index in [0.29, 0.717) is 21.0 Å². The molecule has 0 amide bonds. The minimum atomic E-state index is -0.377. The summed E-state index contributed by atoms with van der Waals surface area (Å²) >= 11 is 12.8. The number of rotatable bonds is 4. The summed E-state index contributed by atoms with van der Waals surface area (Å²) in [6.45, 7) is 0. The second-order valence-electron chi connectivity index (χ2n) is 4.26. The Labute approximate surface area is 144 Å². The average molecular weight is 439 g/mol. The third-order valence-corrected chi connectivity index (χ3v) is 4.84. The number of halogens is 4. The molecule has 1 unspecified atom stereocenters. The normalized spacial score (nSPS) is 12.1. The Morgan fingerprint density at radius 3 is 2.29 bits per heavy atom. The van der Waals surface area contributed by atoms with Crippen molar-refractivity contribution >= 4 is 43.5 Å². The maximum atomic E-state index is 13.6. The highest BCUT2D eigenvalue weighted by atomic mass is 79.9. The van der Waals surface area contributed by atoms with Gasteiger partial charge in [0.1, 0.15) is 17.3 Å². The van der Waals surface area contributed by atoms with Crippen LogP contribution in [0.15, 0.2) is 34.8 Å². The lowest BCUT2D eigenvalue weighted by molar-refractivity contribution is 0.403. The Morgan fingerprint density at radius 2 is 1.67 bits per heavy atom. The molecule has 0 N–H and O–H groups in total. The van der Waals surface area contributed by atoms with Gasteiger partial charge < -0.3 is 9.47 Å². The van der Waals surface area contributed by atoms with Gasteiger partial charge >= 0.3 is 0 Å². The van der Waals surface area contributed by atoms with Crippen molar-refractivity contribution in [3.05, 3.63) is 56.8 Å². The molecule has 21 heavy (non-hydrogen) atoms. The van der Waals surface area contributed by atoms with E-state index in [4.69, 9.17) is 21.1 Å². The van der Waals surface area contributed by atoms with E-state index in [-0.39, 0.29) is 10.6 Å². The maximum absolute atomic E-state index is 13.6. The van der Waals surface area contributed by atoms with Crippen molar-refractivity contribution in [1.29, 1.82) is 0 Å². The van der Waals surface area contributed by atoms with E-state index in [1.807, 2.05) is 6.07 Å². The van der Waals surface area contributed by atoms with Gasteiger partial charge in [0.25, 0.3) is 0 Å². The van der Waals surface area contributed by atoms with Crippen LogP contribution in [-0.4, -0.2) is 14.2 Å². The number of benzene rings is 2. The van der Waals surface area contributed by atoms with Crippen LogP contribution in [0.1, 0.15) is 16.0 Å². The number of hydrogen-bond acceptors (Lipinski definition) is 2. The molecule has 112 valence electrons. The second-order valence-corrected chi connectivity index (χ2v) is 6.46. The summed E-state index contributed by atoms with van der Waals surface area (Å²) in [5, 5.41) is 0.586. The first-order valence-electron chi connectivity index (χ1n) is 5.98. The monoisotopic (exact) mass is 436 g/mol. The van der Waals surface area contributed by atoms with E-state index in [1.54, 1.807) is 25.3 Å². The van der Waals surface area contributed by atoms with Crippen LogP contribution in [0.4, 0.5) is 4.39 Å². The van der Waals surface area contributed by atoms with Crippen molar-refractivity contribution in [3.8, 4) is 11.5 Å². The number of alkyl halides is 1. The molecular weight excluding hydrogens is 426 g/mol. The van der Waals surface area contributed by atoms with Gasteiger partial charge in [-0.25, -0.2) is 4.39 Å². The SMILES string of the molecule is COc1cc(Cl)ccc1C(Br)c1cc(Br)c(F)cc1OC. The van der Waals surface area contributed by atoms with Crippen molar-refractivity contribution < 1.29 is 13.9 Å². The molecule has 2 aromatic rings. The third-order valence-electron chi connectivity index (χ3n) is 3.01. The topological polar surface area (TPSA) is 18.5 Å². The fraction of sp³-hybridized carbons (Fsp3) is 0.200. The molecule has 0 heterocycles. The molecule has 0 saturated heterocycles. The molecule has 2 nitrogen and oxygen atoms in total. The maximum Gasteiger partial charge on any atom is 0.141 e. The van der Waals surface area contributed by atoms with Crippen LogP contribution in [0.2, 0.25) is 5.02 Å². The summed E-state index contributed by atoms with van der Waals surface area (Å²) in [6, 6.07) is 8.39. The summed E-state index contributed by atoms with van der Waals surface area (Å²) in [5.74, 6) is 0.722. The Kier molecular flexibility index (Phi) is 5.52. The van der Waals surface area contributed by atoms with Gasteiger partial charge in [-0.3, -0.25) is 0 Å². The van der Waals surface area contributed by atoms with Gasteiger partial charge in [-0.15, -0.1) is 0 Å². The first-order valence-corrected chi connectivity index (χ1v) is 8.07. The molecule has 0 fully saturated rings. The number of hydrogen-bond donors (Lipinski definition) is 0. The van der Waals surface area contributed by atoms with Crippen LogP contribution in [0.25, 0.3) is 0 Å². The fourth-order valence-corrected chi connectivity index (χ4v) is 3.24. The predicted octanol–water partition coefficient (Wildman–Crippen LogP) is 5.74. The smallest absolute Gasteiger partial charge is 0.141 e. The summed E-state index contributed by atoms with van der Waals surface area (Å²) in [6.07, 6.45) is 0. The Morgan fingerprint density at radius 1 is 1.05 bits per heavy atom. The molecule has 0 radical (unpaired) electrons. The highest BCUT2D eigenvalue weighted by molar-refractivity contribution is 9.10. The molecule has 2 aromatic carbocycles. The Hall–Kier alpha value is -0.780. The second kappa shape index (κ2) is 6.99. The summed E-state index contributed by atoms with van der Waals surface area (Å²) < 4.78 is 24.6. The third kappa shape index (κ3) is 3.52. The van der Waals surface area contributed by atoms with Crippen LogP contribution in [-0.2, 0) is 0 Å². The van der Waals surface area contributed by atoms with Crippen molar-refractivity contribution in [1.82, 2.24) is 0 Å². The van der Waals surface area contributed by atoms with E-state index in [1.165, 1.54) is 13.2 Å². The molecule has 0 aliphatic heterocycles. The molecule has 6 heteroatoms. The molecule has 0 aliphatic carbocycles. The van der Waals surface area contributed by atoms with Gasteiger partial charge in [0, 0.05) is 22.2 Å². The molecule has 2 rings (SSSR count). The lowest BCUT2D eigenvalue weighted by Crippen LogP contribution is -2.01. The quantitative estimate of drug-likeness (QED) is 0.567. The van der Waals surface area contributed by atoms with Gasteiger partial charge in [-0.05, 0) is 34.1 Å². The van der Waals surface area contributed by atoms with Crippen LogP contribution in [0, 0.1) is 5.82 Å². The van der Waals surface area contributed by atoms with Crippen LogP contribution in [0.5, 0.6) is 11.5 Å². The van der Waals surface area contributed by atoms with E-state index >= 15 is 0 Å². The van der Waals surface area contributed by atoms with Crippen LogP contribution < -0.4 is 9.47 Å². The lowest BCUT2D eigenvalue weighted by Gasteiger charge is -2.18. The largest absolute Gasteiger partial charge is 0.496 e. The molecule has 0 aromatic heterocycles. The van der Waals surface area contributed by atoms with Gasteiger partial charge in [0.05, 0.1) is 23.5 Å². The van der Waals surface area contributed by atoms with E-state index in [9.17, 15) is 4.39 Å². The average Bonchev–Trinajstić information content (AvgIpc) is 2.48. The summed E-state index contributed by atoms with van der Waals surface area (Å²) in [7, 11) is 3.08. The van der Waals surface area contributed by atoms with E-state index in [2.05, 4.69) is 31.9 Å². The zero-order valence-electron chi connectivity index (χ0n) is 11.3. The predicted molar refractivity (Wildman–Crippen MR) is 89.4 cm³/mol. The highest BCUT2D eigenvalue weighted by Gasteiger charge is 2.21. The molecule has 0 aliphatic rings. The Bertz CT molecular complexity index is 664. The van der Waals surface area contributed by atoms with Gasteiger partial charge in [-0.1, -0.05) is 33.6 Å². The lowest BCUT2D eigenvalue weighted by atomic mass is 10.0.